The number of nitrogens with two attached hydrogens (primary N) is 1. The van der Waals surface area contributed by atoms with E-state index >= 15 is 0 Å². The van der Waals surface area contributed by atoms with Crippen molar-refractivity contribution in [3.8, 4) is 5.75 Å². The van der Waals surface area contributed by atoms with Gasteiger partial charge < -0.3 is 20.7 Å². The molecule has 0 radical (unpaired) electrons. The minimum atomic E-state index is -1.65. The van der Waals surface area contributed by atoms with Crippen molar-refractivity contribution in [2.24, 2.45) is 5.73 Å². The van der Waals surface area contributed by atoms with E-state index in [1.54, 1.807) is 0 Å². The summed E-state index contributed by atoms with van der Waals surface area (Å²) in [5, 5.41) is 18.8. The SMILES string of the molecule is COc1cncc(C(O)C(O)C(N)=O)c1. The molecule has 0 saturated carbocycles. The third-order valence-electron chi connectivity index (χ3n) is 1.90. The van der Waals surface area contributed by atoms with E-state index in [9.17, 15) is 15.0 Å². The zero-order valence-corrected chi connectivity index (χ0v) is 8.12. The maximum atomic E-state index is 10.6. The maximum Gasteiger partial charge on any atom is 0.249 e. The van der Waals surface area contributed by atoms with Crippen molar-refractivity contribution in [1.29, 1.82) is 0 Å². The second kappa shape index (κ2) is 4.72. The lowest BCUT2D eigenvalue weighted by atomic mass is 10.1. The lowest BCUT2D eigenvalue weighted by Crippen LogP contribution is -2.33. The molecule has 82 valence electrons. The molecule has 15 heavy (non-hydrogen) atoms. The number of aliphatic hydroxyl groups excluding tert-OH is 2. The number of aliphatic hydroxyl groups is 2. The van der Waals surface area contributed by atoms with Crippen molar-refractivity contribution < 1.29 is 19.7 Å². The van der Waals surface area contributed by atoms with Crippen LogP contribution in [-0.4, -0.2) is 34.3 Å². The Morgan fingerprint density at radius 3 is 2.73 bits per heavy atom. The molecule has 1 aromatic heterocycles. The maximum absolute atomic E-state index is 10.6. The molecule has 4 N–H and O–H groups in total. The highest BCUT2D eigenvalue weighted by Crippen LogP contribution is 2.19. The monoisotopic (exact) mass is 212 g/mol. The number of rotatable bonds is 4. The van der Waals surface area contributed by atoms with E-state index in [0.717, 1.165) is 0 Å². The topological polar surface area (TPSA) is 106 Å². The van der Waals surface area contributed by atoms with E-state index in [-0.39, 0.29) is 5.56 Å². The molecule has 2 atom stereocenters. The number of methoxy groups -OCH3 is 1. The van der Waals surface area contributed by atoms with Gasteiger partial charge in [-0.1, -0.05) is 0 Å². The summed E-state index contributed by atoms with van der Waals surface area (Å²) in [4.78, 5) is 14.4. The highest BCUT2D eigenvalue weighted by molar-refractivity contribution is 5.79. The van der Waals surface area contributed by atoms with Crippen LogP contribution >= 0.6 is 0 Å². The summed E-state index contributed by atoms with van der Waals surface area (Å²) in [6.07, 6.45) is -0.296. The molecule has 0 bridgehead atoms. The van der Waals surface area contributed by atoms with Gasteiger partial charge in [0, 0.05) is 11.8 Å². The van der Waals surface area contributed by atoms with Crippen molar-refractivity contribution >= 4 is 5.91 Å². The van der Waals surface area contributed by atoms with Gasteiger partial charge in [0.05, 0.1) is 13.3 Å². The Kier molecular flexibility index (Phi) is 3.59. The molecule has 0 aliphatic rings. The first-order valence-corrected chi connectivity index (χ1v) is 4.20. The van der Waals surface area contributed by atoms with Crippen molar-refractivity contribution in [2.75, 3.05) is 7.11 Å². The number of pyridine rings is 1. The van der Waals surface area contributed by atoms with Crippen LogP contribution in [0.3, 0.4) is 0 Å². The highest BCUT2D eigenvalue weighted by atomic mass is 16.5. The fourth-order valence-electron chi connectivity index (χ4n) is 1.05. The van der Waals surface area contributed by atoms with Crippen LogP contribution < -0.4 is 10.5 Å². The Hall–Kier alpha value is -1.66. The Bertz CT molecular complexity index is 356. The molecule has 0 fully saturated rings. The second-order valence-corrected chi connectivity index (χ2v) is 2.95. The molecule has 1 amide bonds. The lowest BCUT2D eigenvalue weighted by molar-refractivity contribution is -0.132. The summed E-state index contributed by atoms with van der Waals surface area (Å²) >= 11 is 0. The van der Waals surface area contributed by atoms with Crippen LogP contribution in [0.4, 0.5) is 0 Å². The van der Waals surface area contributed by atoms with Crippen LogP contribution in [0.15, 0.2) is 18.5 Å². The molecule has 1 heterocycles. The highest BCUT2D eigenvalue weighted by Gasteiger charge is 2.23. The predicted octanol–water partition coefficient (Wildman–Crippen LogP) is -1.03. The standard InChI is InChI=1S/C9H12N2O4/c1-15-6-2-5(3-11-4-6)7(12)8(13)9(10)14/h2-4,7-8,12-13H,1H3,(H2,10,14). The number of hydrogen-bond donors (Lipinski definition) is 3. The molecule has 0 aliphatic heterocycles. The molecule has 0 aliphatic carbocycles. The first kappa shape index (κ1) is 11.4. The average Bonchev–Trinajstić information content (AvgIpc) is 2.27. The van der Waals surface area contributed by atoms with Gasteiger partial charge in [-0.05, 0) is 6.07 Å². The van der Waals surface area contributed by atoms with Gasteiger partial charge in [0.15, 0.2) is 6.10 Å². The van der Waals surface area contributed by atoms with Gasteiger partial charge in [-0.3, -0.25) is 9.78 Å². The minimum absolute atomic E-state index is 0.264. The molecule has 0 spiro atoms. The summed E-state index contributed by atoms with van der Waals surface area (Å²) in [6.45, 7) is 0. The zero-order valence-electron chi connectivity index (χ0n) is 8.12. The molecule has 2 unspecified atom stereocenters. The number of ether oxygens (including phenoxy) is 1. The third kappa shape index (κ3) is 2.64. The Morgan fingerprint density at radius 2 is 2.20 bits per heavy atom. The number of hydrogen-bond acceptors (Lipinski definition) is 5. The summed E-state index contributed by atoms with van der Waals surface area (Å²) in [7, 11) is 1.44. The van der Waals surface area contributed by atoms with Crippen molar-refractivity contribution in [2.45, 2.75) is 12.2 Å². The van der Waals surface area contributed by atoms with Gasteiger partial charge >= 0.3 is 0 Å². The fourth-order valence-corrected chi connectivity index (χ4v) is 1.05. The molecular weight excluding hydrogens is 200 g/mol. The first-order valence-electron chi connectivity index (χ1n) is 4.20. The number of amides is 1. The van der Waals surface area contributed by atoms with Gasteiger partial charge in [-0.2, -0.15) is 0 Å². The zero-order chi connectivity index (χ0) is 11.4. The number of aromatic nitrogens is 1. The summed E-state index contributed by atoms with van der Waals surface area (Å²) in [5.74, 6) is -0.575. The number of nitrogens with zero attached hydrogens (tertiary/aromatic N) is 1. The van der Waals surface area contributed by atoms with Crippen LogP contribution in [0.5, 0.6) is 5.75 Å². The average molecular weight is 212 g/mol. The smallest absolute Gasteiger partial charge is 0.249 e. The largest absolute Gasteiger partial charge is 0.495 e. The van der Waals surface area contributed by atoms with E-state index in [1.165, 1.54) is 25.6 Å². The van der Waals surface area contributed by atoms with Gasteiger partial charge in [-0.25, -0.2) is 0 Å². The fraction of sp³-hybridized carbons (Fsp3) is 0.333. The molecular formula is C9H12N2O4. The van der Waals surface area contributed by atoms with Gasteiger partial charge in [0.1, 0.15) is 11.9 Å². The van der Waals surface area contributed by atoms with E-state index in [0.29, 0.717) is 5.75 Å². The Labute approximate surface area is 86.3 Å². The van der Waals surface area contributed by atoms with E-state index in [2.05, 4.69) is 4.98 Å². The number of primary amides is 1. The van der Waals surface area contributed by atoms with Crippen LogP contribution in [0.2, 0.25) is 0 Å². The van der Waals surface area contributed by atoms with Crippen LogP contribution in [0.25, 0.3) is 0 Å². The normalized spacial score (nSPS) is 14.3. The van der Waals surface area contributed by atoms with Crippen LogP contribution in [0.1, 0.15) is 11.7 Å². The molecule has 0 saturated heterocycles. The van der Waals surface area contributed by atoms with Gasteiger partial charge in [0.2, 0.25) is 5.91 Å². The van der Waals surface area contributed by atoms with Crippen molar-refractivity contribution in [3.05, 3.63) is 24.0 Å². The van der Waals surface area contributed by atoms with E-state index < -0.39 is 18.1 Å². The minimum Gasteiger partial charge on any atom is -0.495 e. The molecule has 1 aromatic rings. The second-order valence-electron chi connectivity index (χ2n) is 2.95. The quantitative estimate of drug-likeness (QED) is 0.591. The third-order valence-corrected chi connectivity index (χ3v) is 1.90. The van der Waals surface area contributed by atoms with Crippen LogP contribution in [-0.2, 0) is 4.79 Å². The molecule has 6 heteroatoms. The van der Waals surface area contributed by atoms with Crippen molar-refractivity contribution in [3.63, 3.8) is 0 Å². The first-order chi connectivity index (χ1) is 7.06. The summed E-state index contributed by atoms with van der Waals surface area (Å²) in [5.41, 5.74) is 5.11. The van der Waals surface area contributed by atoms with E-state index in [4.69, 9.17) is 10.5 Å². The predicted molar refractivity (Wildman–Crippen MR) is 51.0 cm³/mol. The number of carbonyl (C=O) groups is 1. The summed E-state index contributed by atoms with van der Waals surface area (Å²) < 4.78 is 4.87. The molecule has 0 aromatic carbocycles. The van der Waals surface area contributed by atoms with Crippen molar-refractivity contribution in [1.82, 2.24) is 4.98 Å². The Morgan fingerprint density at radius 1 is 1.53 bits per heavy atom. The van der Waals surface area contributed by atoms with E-state index in [1.807, 2.05) is 0 Å². The van der Waals surface area contributed by atoms with Gasteiger partial charge in [0.25, 0.3) is 0 Å². The number of carbonyl (C=O) groups excluding carboxylic acids is 1. The Balaban J connectivity index is 2.90. The lowest BCUT2D eigenvalue weighted by Gasteiger charge is -2.15. The molecule has 6 nitrogen and oxygen atoms in total. The molecule has 1 rings (SSSR count). The summed E-state index contributed by atoms with van der Waals surface area (Å²) in [6, 6.07) is 1.46. The van der Waals surface area contributed by atoms with Gasteiger partial charge in [-0.15, -0.1) is 0 Å². The van der Waals surface area contributed by atoms with Crippen LogP contribution in [0, 0.1) is 0 Å².